The smallest absolute Gasteiger partial charge is 0.285 e. The lowest BCUT2D eigenvalue weighted by Crippen LogP contribution is -2.29. The standard InChI is InChI=1S/C17H19N3O2/c1-11-7-12(2)9-15(8-11)22-6-5-20-17(21)16(10-18)13(3)14(4)19-20/h7-9H,5-6H2,1-4H3. The molecule has 0 spiro atoms. The molecule has 0 atom stereocenters. The highest BCUT2D eigenvalue weighted by atomic mass is 16.5. The Bertz CT molecular complexity index is 781. The molecule has 2 rings (SSSR count). The van der Waals surface area contributed by atoms with Gasteiger partial charge in [-0.3, -0.25) is 4.79 Å². The van der Waals surface area contributed by atoms with Crippen LogP contribution in [0.15, 0.2) is 23.0 Å². The molecule has 0 bridgehead atoms. The van der Waals surface area contributed by atoms with Crippen LogP contribution < -0.4 is 10.3 Å². The van der Waals surface area contributed by atoms with Crippen LogP contribution in [0.25, 0.3) is 0 Å². The van der Waals surface area contributed by atoms with Gasteiger partial charge in [0.1, 0.15) is 24.0 Å². The van der Waals surface area contributed by atoms with Gasteiger partial charge in [-0.25, -0.2) is 4.68 Å². The summed E-state index contributed by atoms with van der Waals surface area (Å²) in [5.74, 6) is 0.773. The van der Waals surface area contributed by atoms with E-state index in [-0.39, 0.29) is 11.1 Å². The summed E-state index contributed by atoms with van der Waals surface area (Å²) in [6, 6.07) is 7.92. The Balaban J connectivity index is 2.14. The van der Waals surface area contributed by atoms with Gasteiger partial charge in [-0.2, -0.15) is 10.4 Å². The predicted octanol–water partition coefficient (Wildman–Crippen LogP) is 2.43. The number of ether oxygens (including phenoxy) is 1. The molecule has 5 nitrogen and oxygen atoms in total. The second-order valence-corrected chi connectivity index (χ2v) is 5.40. The lowest BCUT2D eigenvalue weighted by Gasteiger charge is -2.11. The third kappa shape index (κ3) is 3.34. The topological polar surface area (TPSA) is 67.9 Å². The van der Waals surface area contributed by atoms with E-state index in [9.17, 15) is 4.79 Å². The van der Waals surface area contributed by atoms with Crippen LogP contribution in [0, 0.1) is 39.0 Å². The summed E-state index contributed by atoms with van der Waals surface area (Å²) < 4.78 is 6.98. The molecule has 0 saturated heterocycles. The number of nitrogens with zero attached hydrogens (tertiary/aromatic N) is 3. The van der Waals surface area contributed by atoms with E-state index in [4.69, 9.17) is 10.00 Å². The van der Waals surface area contributed by atoms with Gasteiger partial charge >= 0.3 is 0 Å². The van der Waals surface area contributed by atoms with Crippen molar-refractivity contribution in [2.45, 2.75) is 34.2 Å². The Morgan fingerprint density at radius 2 is 1.82 bits per heavy atom. The van der Waals surface area contributed by atoms with Gasteiger partial charge in [0, 0.05) is 0 Å². The van der Waals surface area contributed by atoms with Crippen molar-refractivity contribution in [2.24, 2.45) is 0 Å². The summed E-state index contributed by atoms with van der Waals surface area (Å²) in [5, 5.41) is 13.3. The van der Waals surface area contributed by atoms with Gasteiger partial charge in [-0.1, -0.05) is 6.07 Å². The molecule has 1 aromatic heterocycles. The van der Waals surface area contributed by atoms with Crippen molar-refractivity contribution in [3.8, 4) is 11.8 Å². The summed E-state index contributed by atoms with van der Waals surface area (Å²) in [5.41, 5.74) is 3.36. The molecule has 0 radical (unpaired) electrons. The van der Waals surface area contributed by atoms with Crippen molar-refractivity contribution in [1.82, 2.24) is 9.78 Å². The highest BCUT2D eigenvalue weighted by molar-refractivity contribution is 5.36. The maximum absolute atomic E-state index is 12.1. The zero-order chi connectivity index (χ0) is 16.3. The van der Waals surface area contributed by atoms with Gasteiger partial charge in [-0.15, -0.1) is 0 Å². The average Bonchev–Trinajstić information content (AvgIpc) is 2.44. The average molecular weight is 297 g/mol. The molecule has 0 N–H and O–H groups in total. The first kappa shape index (κ1) is 15.8. The van der Waals surface area contributed by atoms with Crippen molar-refractivity contribution in [2.75, 3.05) is 6.61 Å². The molecule has 0 aliphatic rings. The molecule has 2 aromatic rings. The number of benzene rings is 1. The first-order valence-corrected chi connectivity index (χ1v) is 7.12. The Hall–Kier alpha value is -2.61. The van der Waals surface area contributed by atoms with Crippen LogP contribution in [0.4, 0.5) is 0 Å². The van der Waals surface area contributed by atoms with Crippen LogP contribution in [-0.4, -0.2) is 16.4 Å². The zero-order valence-corrected chi connectivity index (χ0v) is 13.3. The van der Waals surface area contributed by atoms with Crippen molar-refractivity contribution in [3.63, 3.8) is 0 Å². The number of rotatable bonds is 4. The summed E-state index contributed by atoms with van der Waals surface area (Å²) in [4.78, 5) is 12.1. The lowest BCUT2D eigenvalue weighted by atomic mass is 10.1. The van der Waals surface area contributed by atoms with Crippen molar-refractivity contribution in [3.05, 3.63) is 56.5 Å². The van der Waals surface area contributed by atoms with Gasteiger partial charge < -0.3 is 4.74 Å². The molecule has 5 heteroatoms. The van der Waals surface area contributed by atoms with E-state index in [1.54, 1.807) is 13.8 Å². The molecule has 0 aliphatic carbocycles. The highest BCUT2D eigenvalue weighted by Crippen LogP contribution is 2.16. The van der Waals surface area contributed by atoms with E-state index in [0.717, 1.165) is 16.9 Å². The molecule has 22 heavy (non-hydrogen) atoms. The number of hydrogen-bond acceptors (Lipinski definition) is 4. The Morgan fingerprint density at radius 1 is 1.18 bits per heavy atom. The third-order valence-corrected chi connectivity index (χ3v) is 3.52. The lowest BCUT2D eigenvalue weighted by molar-refractivity contribution is 0.287. The molecule has 0 aliphatic heterocycles. The quantitative estimate of drug-likeness (QED) is 0.869. The Morgan fingerprint density at radius 3 is 2.41 bits per heavy atom. The van der Waals surface area contributed by atoms with E-state index in [1.165, 1.54) is 4.68 Å². The van der Waals surface area contributed by atoms with Crippen LogP contribution in [0.3, 0.4) is 0 Å². The SMILES string of the molecule is Cc1cc(C)cc(OCCn2nc(C)c(C)c(C#N)c2=O)c1. The summed E-state index contributed by atoms with van der Waals surface area (Å²) in [6.07, 6.45) is 0. The number of aryl methyl sites for hydroxylation is 3. The van der Waals surface area contributed by atoms with Crippen LogP contribution in [0.5, 0.6) is 5.75 Å². The van der Waals surface area contributed by atoms with E-state index in [0.29, 0.717) is 24.4 Å². The van der Waals surface area contributed by atoms with Gasteiger partial charge in [0.15, 0.2) is 0 Å². The van der Waals surface area contributed by atoms with Crippen LogP contribution >= 0.6 is 0 Å². The molecular formula is C17H19N3O2. The fourth-order valence-corrected chi connectivity index (χ4v) is 2.32. The number of nitriles is 1. The van der Waals surface area contributed by atoms with Crippen molar-refractivity contribution < 1.29 is 4.74 Å². The van der Waals surface area contributed by atoms with E-state index >= 15 is 0 Å². The molecule has 1 aromatic carbocycles. The first-order chi connectivity index (χ1) is 10.4. The molecular weight excluding hydrogens is 278 g/mol. The predicted molar refractivity (Wildman–Crippen MR) is 84.1 cm³/mol. The fraction of sp³-hybridized carbons (Fsp3) is 0.353. The zero-order valence-electron chi connectivity index (χ0n) is 13.3. The molecule has 114 valence electrons. The molecule has 0 unspecified atom stereocenters. The third-order valence-electron chi connectivity index (χ3n) is 3.52. The van der Waals surface area contributed by atoms with Crippen molar-refractivity contribution in [1.29, 1.82) is 5.26 Å². The van der Waals surface area contributed by atoms with Crippen LogP contribution in [-0.2, 0) is 6.54 Å². The van der Waals surface area contributed by atoms with Crippen LogP contribution in [0.1, 0.15) is 27.9 Å². The Labute approximate surface area is 129 Å². The normalized spacial score (nSPS) is 10.3. The molecule has 1 heterocycles. The second-order valence-electron chi connectivity index (χ2n) is 5.40. The minimum absolute atomic E-state index is 0.152. The van der Waals surface area contributed by atoms with Gasteiger partial charge in [0.05, 0.1) is 12.2 Å². The number of hydrogen-bond donors (Lipinski definition) is 0. The van der Waals surface area contributed by atoms with Gasteiger partial charge in [0.2, 0.25) is 0 Å². The summed E-state index contributed by atoms with van der Waals surface area (Å²) >= 11 is 0. The molecule has 0 amide bonds. The monoisotopic (exact) mass is 297 g/mol. The first-order valence-electron chi connectivity index (χ1n) is 7.12. The highest BCUT2D eigenvalue weighted by Gasteiger charge is 2.11. The minimum Gasteiger partial charge on any atom is -0.492 e. The van der Waals surface area contributed by atoms with Gasteiger partial charge in [0.25, 0.3) is 5.56 Å². The summed E-state index contributed by atoms with van der Waals surface area (Å²) in [6.45, 7) is 8.17. The van der Waals surface area contributed by atoms with E-state index in [2.05, 4.69) is 11.2 Å². The maximum atomic E-state index is 12.1. The van der Waals surface area contributed by atoms with Crippen LogP contribution in [0.2, 0.25) is 0 Å². The fourth-order valence-electron chi connectivity index (χ4n) is 2.32. The summed E-state index contributed by atoms with van der Waals surface area (Å²) in [7, 11) is 0. The minimum atomic E-state index is -0.366. The second kappa shape index (κ2) is 6.44. The Kier molecular flexibility index (Phi) is 4.62. The largest absolute Gasteiger partial charge is 0.492 e. The molecule has 0 saturated carbocycles. The maximum Gasteiger partial charge on any atom is 0.285 e. The van der Waals surface area contributed by atoms with E-state index in [1.807, 2.05) is 32.0 Å². The molecule has 0 fully saturated rings. The number of aromatic nitrogens is 2. The van der Waals surface area contributed by atoms with Gasteiger partial charge in [-0.05, 0) is 56.5 Å². The van der Waals surface area contributed by atoms with Crippen molar-refractivity contribution >= 4 is 0 Å². The van der Waals surface area contributed by atoms with E-state index < -0.39 is 0 Å².